The fourth-order valence-corrected chi connectivity index (χ4v) is 5.07. The molecule has 4 bridgehead atoms. The first kappa shape index (κ1) is 9.86. The van der Waals surface area contributed by atoms with E-state index in [-0.39, 0.29) is 5.41 Å². The van der Waals surface area contributed by atoms with Crippen molar-refractivity contribution in [2.45, 2.75) is 43.9 Å². The highest BCUT2D eigenvalue weighted by Crippen LogP contribution is 2.60. The summed E-state index contributed by atoms with van der Waals surface area (Å²) in [6.07, 6.45) is 10.8. The second kappa shape index (κ2) is 3.21. The molecule has 0 aromatic carbocycles. The summed E-state index contributed by atoms with van der Waals surface area (Å²) in [7, 11) is 0. The zero-order valence-corrected chi connectivity index (χ0v) is 9.98. The van der Waals surface area contributed by atoms with Crippen LogP contribution in [0.5, 0.6) is 0 Å². The van der Waals surface area contributed by atoms with E-state index in [0.29, 0.717) is 5.69 Å². The number of nitrogens with zero attached hydrogens (tertiary/aromatic N) is 1. The molecule has 1 heterocycles. The number of carbonyl (C=O) groups excluding carboxylic acids is 1. The molecular weight excluding hydrogens is 212 g/mol. The van der Waals surface area contributed by atoms with Crippen LogP contribution >= 0.6 is 0 Å². The highest BCUT2D eigenvalue weighted by atomic mass is 16.1. The number of aromatic amines is 1. The van der Waals surface area contributed by atoms with Crippen LogP contribution < -0.4 is 0 Å². The number of H-pyrrole nitrogens is 1. The fraction of sp³-hybridized carbons (Fsp3) is 0.714. The Morgan fingerprint density at radius 3 is 2.24 bits per heavy atom. The van der Waals surface area contributed by atoms with E-state index in [1.807, 2.05) is 0 Å². The van der Waals surface area contributed by atoms with Gasteiger partial charge in [-0.3, -0.25) is 4.79 Å². The average Bonchev–Trinajstić information content (AvgIpc) is 2.76. The molecule has 1 N–H and O–H groups in total. The third kappa shape index (κ3) is 1.34. The van der Waals surface area contributed by atoms with Gasteiger partial charge in [-0.1, -0.05) is 0 Å². The van der Waals surface area contributed by atoms with Crippen LogP contribution in [0.3, 0.4) is 0 Å². The third-order valence-corrected chi connectivity index (χ3v) is 5.26. The maximum absolute atomic E-state index is 10.8. The molecule has 0 atom stereocenters. The van der Waals surface area contributed by atoms with Crippen molar-refractivity contribution in [1.82, 2.24) is 9.97 Å². The quantitative estimate of drug-likeness (QED) is 0.794. The lowest BCUT2D eigenvalue weighted by molar-refractivity contribution is -0.00902. The lowest BCUT2D eigenvalue weighted by Gasteiger charge is -2.55. The smallest absolute Gasteiger partial charge is 0.167 e. The number of hydrogen-bond donors (Lipinski definition) is 1. The molecule has 17 heavy (non-hydrogen) atoms. The van der Waals surface area contributed by atoms with Gasteiger partial charge in [0, 0.05) is 5.41 Å². The number of rotatable bonds is 2. The zero-order valence-electron chi connectivity index (χ0n) is 9.98. The van der Waals surface area contributed by atoms with Gasteiger partial charge in [-0.15, -0.1) is 0 Å². The van der Waals surface area contributed by atoms with Gasteiger partial charge in [-0.2, -0.15) is 0 Å². The minimum atomic E-state index is 0.288. The normalized spacial score (nSPS) is 42.9. The molecule has 0 saturated heterocycles. The Morgan fingerprint density at radius 1 is 1.18 bits per heavy atom. The maximum atomic E-state index is 10.8. The van der Waals surface area contributed by atoms with Crippen molar-refractivity contribution >= 4 is 6.29 Å². The van der Waals surface area contributed by atoms with Gasteiger partial charge in [0.15, 0.2) is 6.29 Å². The van der Waals surface area contributed by atoms with Crippen LogP contribution in [0.15, 0.2) is 6.20 Å². The summed E-state index contributed by atoms with van der Waals surface area (Å²) in [6, 6.07) is 0. The number of imidazole rings is 1. The molecule has 90 valence electrons. The molecule has 0 spiro atoms. The van der Waals surface area contributed by atoms with E-state index in [9.17, 15) is 4.79 Å². The topological polar surface area (TPSA) is 45.8 Å². The maximum Gasteiger partial charge on any atom is 0.167 e. The van der Waals surface area contributed by atoms with Crippen molar-refractivity contribution in [1.29, 1.82) is 0 Å². The first-order chi connectivity index (χ1) is 8.27. The van der Waals surface area contributed by atoms with Crippen LogP contribution in [0, 0.1) is 17.8 Å². The summed E-state index contributed by atoms with van der Waals surface area (Å²) < 4.78 is 0. The Balaban J connectivity index is 1.74. The van der Waals surface area contributed by atoms with Crippen molar-refractivity contribution in [2.24, 2.45) is 17.8 Å². The van der Waals surface area contributed by atoms with Gasteiger partial charge in [0.05, 0.1) is 11.9 Å². The summed E-state index contributed by atoms with van der Waals surface area (Å²) in [6.45, 7) is 0. The van der Waals surface area contributed by atoms with E-state index in [2.05, 4.69) is 9.97 Å². The molecule has 3 nitrogen and oxygen atoms in total. The third-order valence-electron chi connectivity index (χ3n) is 5.26. The molecule has 0 amide bonds. The number of carbonyl (C=O) groups is 1. The van der Waals surface area contributed by atoms with Gasteiger partial charge in [-0.05, 0) is 56.3 Å². The zero-order chi connectivity index (χ0) is 11.5. The van der Waals surface area contributed by atoms with E-state index in [1.54, 1.807) is 6.20 Å². The van der Waals surface area contributed by atoms with Gasteiger partial charge >= 0.3 is 0 Å². The van der Waals surface area contributed by atoms with E-state index in [0.717, 1.165) is 29.9 Å². The molecule has 1 aromatic rings. The molecular formula is C14H18N2O. The first-order valence-corrected chi connectivity index (χ1v) is 6.78. The van der Waals surface area contributed by atoms with Crippen LogP contribution in [0.1, 0.15) is 54.8 Å². The standard InChI is InChI=1S/C14H18N2O/c17-8-12-7-15-13(16-12)14-4-9-1-10(5-14)3-11(2-9)6-14/h7-11H,1-6H2,(H,15,16). The molecule has 4 saturated carbocycles. The summed E-state index contributed by atoms with van der Waals surface area (Å²) >= 11 is 0. The molecule has 0 radical (unpaired) electrons. The molecule has 5 rings (SSSR count). The van der Waals surface area contributed by atoms with Crippen molar-refractivity contribution in [2.75, 3.05) is 0 Å². The Kier molecular flexibility index (Phi) is 1.86. The van der Waals surface area contributed by atoms with Crippen LogP contribution in [0.25, 0.3) is 0 Å². The molecule has 3 heteroatoms. The number of aldehydes is 1. The minimum Gasteiger partial charge on any atom is -0.339 e. The van der Waals surface area contributed by atoms with Crippen LogP contribution in [-0.2, 0) is 5.41 Å². The van der Waals surface area contributed by atoms with Crippen molar-refractivity contribution in [3.05, 3.63) is 17.7 Å². The monoisotopic (exact) mass is 230 g/mol. The van der Waals surface area contributed by atoms with Crippen LogP contribution in [-0.4, -0.2) is 16.3 Å². The van der Waals surface area contributed by atoms with E-state index >= 15 is 0 Å². The number of nitrogens with one attached hydrogen (secondary N) is 1. The summed E-state index contributed by atoms with van der Waals surface area (Å²) in [5.41, 5.74) is 0.923. The van der Waals surface area contributed by atoms with Crippen LogP contribution in [0.2, 0.25) is 0 Å². The number of aromatic nitrogens is 2. The SMILES string of the molecule is O=Cc1cnc(C23CC4CC(CC(C4)C2)C3)[nH]1. The Morgan fingerprint density at radius 2 is 1.76 bits per heavy atom. The average molecular weight is 230 g/mol. The van der Waals surface area contributed by atoms with Gasteiger partial charge < -0.3 is 4.98 Å². The van der Waals surface area contributed by atoms with Gasteiger partial charge in [0.1, 0.15) is 5.82 Å². The largest absolute Gasteiger partial charge is 0.339 e. The second-order valence-corrected chi connectivity index (χ2v) is 6.50. The Labute approximate surface area is 101 Å². The Bertz CT molecular complexity index is 427. The predicted molar refractivity (Wildman–Crippen MR) is 63.8 cm³/mol. The molecule has 4 aliphatic carbocycles. The lowest BCUT2D eigenvalue weighted by Crippen LogP contribution is -2.49. The minimum absolute atomic E-state index is 0.288. The predicted octanol–water partition coefficient (Wildman–Crippen LogP) is 2.69. The first-order valence-electron chi connectivity index (χ1n) is 6.78. The molecule has 1 aromatic heterocycles. The second-order valence-electron chi connectivity index (χ2n) is 6.50. The molecule has 0 aliphatic heterocycles. The van der Waals surface area contributed by atoms with E-state index < -0.39 is 0 Å². The molecule has 0 unspecified atom stereocenters. The van der Waals surface area contributed by atoms with E-state index in [4.69, 9.17) is 0 Å². The summed E-state index contributed by atoms with van der Waals surface area (Å²) in [5.74, 6) is 3.86. The van der Waals surface area contributed by atoms with Crippen molar-refractivity contribution < 1.29 is 4.79 Å². The summed E-state index contributed by atoms with van der Waals surface area (Å²) in [5, 5.41) is 0. The van der Waals surface area contributed by atoms with Crippen LogP contribution in [0.4, 0.5) is 0 Å². The fourth-order valence-electron chi connectivity index (χ4n) is 5.07. The van der Waals surface area contributed by atoms with Crippen molar-refractivity contribution in [3.63, 3.8) is 0 Å². The Hall–Kier alpha value is -1.12. The van der Waals surface area contributed by atoms with Gasteiger partial charge in [0.2, 0.25) is 0 Å². The highest BCUT2D eigenvalue weighted by Gasteiger charge is 2.52. The van der Waals surface area contributed by atoms with Crippen molar-refractivity contribution in [3.8, 4) is 0 Å². The summed E-state index contributed by atoms with van der Waals surface area (Å²) in [4.78, 5) is 18.5. The molecule has 4 fully saturated rings. The molecule has 4 aliphatic rings. The highest BCUT2D eigenvalue weighted by molar-refractivity contribution is 5.71. The van der Waals surface area contributed by atoms with Gasteiger partial charge in [0.25, 0.3) is 0 Å². The number of hydrogen-bond acceptors (Lipinski definition) is 2. The van der Waals surface area contributed by atoms with Gasteiger partial charge in [-0.25, -0.2) is 4.98 Å². The van der Waals surface area contributed by atoms with E-state index in [1.165, 1.54) is 38.5 Å². The lowest BCUT2D eigenvalue weighted by atomic mass is 9.49.